The summed E-state index contributed by atoms with van der Waals surface area (Å²) < 4.78 is 60.5. The highest BCUT2D eigenvalue weighted by atomic mass is 31.2. The lowest BCUT2D eigenvalue weighted by Crippen LogP contribution is -2.35. The summed E-state index contributed by atoms with van der Waals surface area (Å²) in [5.41, 5.74) is 0.249. The van der Waals surface area contributed by atoms with Gasteiger partial charge in [0.25, 0.3) is 0 Å². The van der Waals surface area contributed by atoms with E-state index in [1.54, 1.807) is 12.1 Å². The molecule has 0 aliphatic heterocycles. The van der Waals surface area contributed by atoms with Gasteiger partial charge in [-0.15, -0.1) is 0 Å². The second-order valence-electron chi connectivity index (χ2n) is 9.62. The summed E-state index contributed by atoms with van der Waals surface area (Å²) in [4.78, 5) is 1.92. The number of nitrogens with zero attached hydrogens (tertiary/aromatic N) is 1. The van der Waals surface area contributed by atoms with Crippen molar-refractivity contribution in [2.45, 2.75) is 52.3 Å². The normalized spacial score (nSPS) is 23.2. The third-order valence-electron chi connectivity index (χ3n) is 6.42. The van der Waals surface area contributed by atoms with Gasteiger partial charge in [-0.05, 0) is 73.1 Å². The van der Waals surface area contributed by atoms with Crippen molar-refractivity contribution in [3.63, 3.8) is 0 Å². The Morgan fingerprint density at radius 3 is 2.33 bits per heavy atom. The highest BCUT2D eigenvalue weighted by Gasteiger charge is 2.38. The molecule has 4 atom stereocenters. The zero-order valence-electron chi connectivity index (χ0n) is 19.9. The molecule has 0 radical (unpaired) electrons. The second-order valence-corrected chi connectivity index (χ2v) is 11.7. The van der Waals surface area contributed by atoms with Gasteiger partial charge < -0.3 is 14.5 Å². The number of anilines is 2. The van der Waals surface area contributed by atoms with Crippen LogP contribution < -0.4 is 15.3 Å². The van der Waals surface area contributed by atoms with E-state index >= 15 is 0 Å². The number of hydrogen-bond donors (Lipinski definition) is 1. The van der Waals surface area contributed by atoms with Crippen molar-refractivity contribution >= 4 is 24.2 Å². The van der Waals surface area contributed by atoms with Gasteiger partial charge in [0.2, 0.25) is 0 Å². The lowest BCUT2D eigenvalue weighted by atomic mass is 9.75. The SMILES string of the molecule is CC(C)[C@H]1CC[C@@H](C)C[C@@H]1O[P@](=O)(Nc1cccc(C(F)(F)F)c1)c1ccc(N(C)C)cc1. The summed E-state index contributed by atoms with van der Waals surface area (Å²) >= 11 is 0. The molecule has 1 N–H and O–H groups in total. The van der Waals surface area contributed by atoms with E-state index < -0.39 is 19.3 Å². The van der Waals surface area contributed by atoms with Crippen molar-refractivity contribution < 1.29 is 22.3 Å². The fourth-order valence-corrected chi connectivity index (χ4v) is 6.41. The molecule has 0 bridgehead atoms. The molecule has 0 amide bonds. The number of nitrogens with one attached hydrogen (secondary N) is 1. The first-order valence-electron chi connectivity index (χ1n) is 11.4. The molecule has 2 aromatic carbocycles. The van der Waals surface area contributed by atoms with Crippen LogP contribution in [0.3, 0.4) is 0 Å². The number of alkyl halides is 3. The number of hydrogen-bond acceptors (Lipinski definition) is 3. The first-order valence-corrected chi connectivity index (χ1v) is 13.0. The predicted molar refractivity (Wildman–Crippen MR) is 129 cm³/mol. The van der Waals surface area contributed by atoms with E-state index in [1.165, 1.54) is 12.1 Å². The van der Waals surface area contributed by atoms with E-state index in [-0.39, 0.29) is 17.7 Å². The van der Waals surface area contributed by atoms with Crippen molar-refractivity contribution in [2.24, 2.45) is 17.8 Å². The summed E-state index contributed by atoms with van der Waals surface area (Å²) in [5, 5.41) is 3.31. The third-order valence-corrected chi connectivity index (χ3v) is 8.52. The van der Waals surface area contributed by atoms with Gasteiger partial charge in [-0.2, -0.15) is 13.2 Å². The van der Waals surface area contributed by atoms with Crippen molar-refractivity contribution in [2.75, 3.05) is 24.1 Å². The molecular weight excluding hydrogens is 448 g/mol. The number of benzene rings is 2. The minimum absolute atomic E-state index is 0.120. The lowest BCUT2D eigenvalue weighted by molar-refractivity contribution is -0.137. The molecule has 182 valence electrons. The summed E-state index contributed by atoms with van der Waals surface area (Å²) in [7, 11) is 0.0870. The molecule has 3 rings (SSSR count). The first-order chi connectivity index (χ1) is 15.4. The van der Waals surface area contributed by atoms with Crippen LogP contribution in [-0.4, -0.2) is 20.2 Å². The van der Waals surface area contributed by atoms with Crippen LogP contribution in [0.4, 0.5) is 24.5 Å². The largest absolute Gasteiger partial charge is 0.416 e. The summed E-state index contributed by atoms with van der Waals surface area (Å²) in [6.45, 7) is 6.42. The maximum Gasteiger partial charge on any atom is 0.416 e. The topological polar surface area (TPSA) is 41.6 Å². The van der Waals surface area contributed by atoms with Crippen LogP contribution in [0.1, 0.15) is 45.6 Å². The molecule has 4 nitrogen and oxygen atoms in total. The van der Waals surface area contributed by atoms with Gasteiger partial charge in [0.1, 0.15) is 0 Å². The Kier molecular flexibility index (Phi) is 7.85. The van der Waals surface area contributed by atoms with Crippen molar-refractivity contribution in [3.05, 3.63) is 54.1 Å². The second kappa shape index (κ2) is 10.1. The van der Waals surface area contributed by atoms with E-state index in [9.17, 15) is 17.7 Å². The quantitative estimate of drug-likeness (QED) is 0.425. The molecule has 0 heterocycles. The highest BCUT2D eigenvalue weighted by molar-refractivity contribution is 7.68. The van der Waals surface area contributed by atoms with Crippen molar-refractivity contribution in [3.8, 4) is 0 Å². The molecule has 0 saturated heterocycles. The molecule has 0 aromatic heterocycles. The van der Waals surface area contributed by atoms with E-state index in [0.717, 1.165) is 37.1 Å². The van der Waals surface area contributed by atoms with Gasteiger partial charge in [-0.25, -0.2) is 0 Å². The van der Waals surface area contributed by atoms with Crippen LogP contribution in [0, 0.1) is 17.8 Å². The van der Waals surface area contributed by atoms with Crippen LogP contribution >= 0.6 is 7.52 Å². The van der Waals surface area contributed by atoms with Crippen LogP contribution in [-0.2, 0) is 15.3 Å². The number of halogens is 3. The smallest absolute Gasteiger partial charge is 0.378 e. The van der Waals surface area contributed by atoms with E-state index in [1.807, 2.05) is 31.1 Å². The van der Waals surface area contributed by atoms with E-state index in [2.05, 4.69) is 25.9 Å². The maximum atomic E-state index is 14.3. The lowest BCUT2D eigenvalue weighted by Gasteiger charge is -2.39. The minimum atomic E-state index is -4.49. The van der Waals surface area contributed by atoms with Gasteiger partial charge in [0.05, 0.1) is 17.0 Å². The molecule has 33 heavy (non-hydrogen) atoms. The summed E-state index contributed by atoms with van der Waals surface area (Å²) in [6.07, 6.45) is -1.89. The Balaban J connectivity index is 2.00. The van der Waals surface area contributed by atoms with E-state index in [0.29, 0.717) is 17.1 Å². The zero-order valence-corrected chi connectivity index (χ0v) is 20.8. The fraction of sp³-hybridized carbons (Fsp3) is 0.520. The summed E-state index contributed by atoms with van der Waals surface area (Å²) in [6, 6.07) is 11.9. The zero-order chi connectivity index (χ0) is 24.4. The average molecular weight is 483 g/mol. The Morgan fingerprint density at radius 2 is 1.76 bits per heavy atom. The molecule has 1 aliphatic carbocycles. The van der Waals surface area contributed by atoms with Crippen molar-refractivity contribution in [1.29, 1.82) is 0 Å². The van der Waals surface area contributed by atoms with Crippen LogP contribution in [0.2, 0.25) is 0 Å². The third kappa shape index (κ3) is 6.33. The molecule has 2 aromatic rings. The molecule has 1 saturated carbocycles. The van der Waals surface area contributed by atoms with Gasteiger partial charge in [0, 0.05) is 25.5 Å². The Morgan fingerprint density at radius 1 is 1.09 bits per heavy atom. The molecule has 1 aliphatic rings. The molecule has 0 unspecified atom stereocenters. The van der Waals surface area contributed by atoms with Crippen LogP contribution in [0.5, 0.6) is 0 Å². The molecule has 8 heteroatoms. The Labute approximate surface area is 195 Å². The fourth-order valence-electron chi connectivity index (χ4n) is 4.46. The Bertz CT molecular complexity index is 976. The van der Waals surface area contributed by atoms with Gasteiger partial charge in [-0.3, -0.25) is 4.57 Å². The van der Waals surface area contributed by atoms with Gasteiger partial charge in [0.15, 0.2) is 0 Å². The van der Waals surface area contributed by atoms with Crippen LogP contribution in [0.25, 0.3) is 0 Å². The Hall–Kier alpha value is -1.98. The average Bonchev–Trinajstić information content (AvgIpc) is 2.73. The first kappa shape index (κ1) is 25.6. The summed E-state index contributed by atoms with van der Waals surface area (Å²) in [5.74, 6) is 1.02. The van der Waals surface area contributed by atoms with Crippen molar-refractivity contribution in [1.82, 2.24) is 0 Å². The predicted octanol–water partition coefficient (Wildman–Crippen LogP) is 7.18. The van der Waals surface area contributed by atoms with E-state index in [4.69, 9.17) is 4.52 Å². The standard InChI is InChI=1S/C25H34F3N2O2P/c1-17(2)23-14-9-18(3)15-24(23)32-33(31,22-12-10-21(11-13-22)30(4)5)29-20-8-6-7-19(16-20)25(26,27)28/h6-8,10-13,16-18,23-24H,9,14-15H2,1-5H3,(H,29,31)/t18-,23-,24+,33+/m1/s1. The molecule has 1 fully saturated rings. The maximum absolute atomic E-state index is 14.3. The van der Waals surface area contributed by atoms with Crippen LogP contribution in [0.15, 0.2) is 48.5 Å². The monoisotopic (exact) mass is 482 g/mol. The van der Waals surface area contributed by atoms with Gasteiger partial charge in [-0.1, -0.05) is 33.3 Å². The minimum Gasteiger partial charge on any atom is -0.378 e. The molecule has 0 spiro atoms. The highest BCUT2D eigenvalue weighted by Crippen LogP contribution is 2.51. The molecular formula is C25H34F3N2O2P. The van der Waals surface area contributed by atoms with Gasteiger partial charge >= 0.3 is 13.7 Å². The number of rotatable bonds is 7.